The summed E-state index contributed by atoms with van der Waals surface area (Å²) in [4.78, 5) is 36.5. The predicted molar refractivity (Wildman–Crippen MR) is 92.5 cm³/mol. The van der Waals surface area contributed by atoms with E-state index in [-0.39, 0.29) is 29.4 Å². The van der Waals surface area contributed by atoms with Crippen molar-refractivity contribution in [1.29, 1.82) is 0 Å². The predicted octanol–water partition coefficient (Wildman–Crippen LogP) is 2.29. The molecule has 1 fully saturated rings. The third kappa shape index (κ3) is 4.11. The van der Waals surface area contributed by atoms with Gasteiger partial charge in [-0.1, -0.05) is 32.3 Å². The summed E-state index contributed by atoms with van der Waals surface area (Å²) in [6.07, 6.45) is 7.20. The molecular formula is C19H27NO5. The Hall–Kier alpha value is -2.11. The van der Waals surface area contributed by atoms with Gasteiger partial charge in [-0.25, -0.2) is 9.59 Å². The van der Waals surface area contributed by atoms with Gasteiger partial charge in [0.05, 0.1) is 31.4 Å². The first-order valence-corrected chi connectivity index (χ1v) is 8.80. The Morgan fingerprint density at radius 3 is 2.16 bits per heavy atom. The highest BCUT2D eigenvalue weighted by Crippen LogP contribution is 2.40. The number of carbonyl (C=O) groups excluding carboxylic acids is 3. The van der Waals surface area contributed by atoms with Gasteiger partial charge < -0.3 is 14.8 Å². The Morgan fingerprint density at radius 1 is 1.04 bits per heavy atom. The quantitative estimate of drug-likeness (QED) is 0.788. The van der Waals surface area contributed by atoms with Crippen LogP contribution in [0.3, 0.4) is 0 Å². The van der Waals surface area contributed by atoms with Crippen molar-refractivity contribution < 1.29 is 23.9 Å². The van der Waals surface area contributed by atoms with Gasteiger partial charge in [-0.15, -0.1) is 0 Å². The van der Waals surface area contributed by atoms with Gasteiger partial charge in [0, 0.05) is 12.8 Å². The van der Waals surface area contributed by atoms with E-state index in [0.29, 0.717) is 5.57 Å². The molecule has 0 heterocycles. The molecule has 1 saturated carbocycles. The smallest absolute Gasteiger partial charge is 0.338 e. The third-order valence-corrected chi connectivity index (χ3v) is 5.12. The van der Waals surface area contributed by atoms with Gasteiger partial charge in [0.1, 0.15) is 0 Å². The van der Waals surface area contributed by atoms with Gasteiger partial charge in [0.25, 0.3) is 0 Å². The Labute approximate surface area is 148 Å². The first-order valence-electron chi connectivity index (χ1n) is 8.80. The number of rotatable bonds is 4. The topological polar surface area (TPSA) is 81.7 Å². The molecule has 1 amide bonds. The number of carbonyl (C=O) groups is 3. The largest absolute Gasteiger partial charge is 0.466 e. The van der Waals surface area contributed by atoms with Crippen LogP contribution in [0.5, 0.6) is 0 Å². The van der Waals surface area contributed by atoms with Crippen molar-refractivity contribution in [1.82, 2.24) is 5.32 Å². The maximum atomic E-state index is 12.5. The molecule has 0 spiro atoms. The number of amides is 1. The number of nitrogens with one attached hydrogen (secondary N) is 1. The van der Waals surface area contributed by atoms with E-state index in [1.807, 2.05) is 13.0 Å². The van der Waals surface area contributed by atoms with Crippen molar-refractivity contribution >= 4 is 17.8 Å². The molecule has 0 bridgehead atoms. The molecule has 138 valence electrons. The lowest BCUT2D eigenvalue weighted by molar-refractivity contribution is -0.139. The standard InChI is InChI=1S/C19H27NO5/c1-11-15(20-12(2)21)10-14(13-8-6-5-7-9-13)17(19(23)25-4)16(11)18(22)24-3/h10-11,13,15H,5-9H2,1-4H3,(H,20,21)/t11-,15-/m0/s1. The molecule has 0 saturated heterocycles. The van der Waals surface area contributed by atoms with E-state index in [4.69, 9.17) is 9.47 Å². The van der Waals surface area contributed by atoms with E-state index in [1.54, 1.807) is 0 Å². The lowest BCUT2D eigenvalue weighted by atomic mass is 9.73. The summed E-state index contributed by atoms with van der Waals surface area (Å²) in [5.74, 6) is -1.44. The monoisotopic (exact) mass is 349 g/mol. The fourth-order valence-corrected chi connectivity index (χ4v) is 3.87. The molecule has 2 rings (SSSR count). The highest BCUT2D eigenvalue weighted by molar-refractivity contribution is 6.04. The van der Waals surface area contributed by atoms with Crippen molar-refractivity contribution in [3.8, 4) is 0 Å². The van der Waals surface area contributed by atoms with E-state index in [0.717, 1.165) is 31.3 Å². The molecular weight excluding hydrogens is 322 g/mol. The van der Waals surface area contributed by atoms with Crippen LogP contribution >= 0.6 is 0 Å². The van der Waals surface area contributed by atoms with E-state index >= 15 is 0 Å². The minimum Gasteiger partial charge on any atom is -0.466 e. The van der Waals surface area contributed by atoms with Gasteiger partial charge >= 0.3 is 11.9 Å². The van der Waals surface area contributed by atoms with Crippen LogP contribution < -0.4 is 5.32 Å². The number of methoxy groups -OCH3 is 2. The molecule has 0 aromatic rings. The lowest BCUT2D eigenvalue weighted by Gasteiger charge is -2.35. The Bertz CT molecular complexity index is 613. The molecule has 6 nitrogen and oxygen atoms in total. The molecule has 2 atom stereocenters. The Balaban J connectivity index is 2.57. The number of esters is 2. The summed E-state index contributed by atoms with van der Waals surface area (Å²) in [6, 6.07) is -0.350. The Morgan fingerprint density at radius 2 is 1.64 bits per heavy atom. The summed E-state index contributed by atoms with van der Waals surface area (Å²) in [7, 11) is 2.61. The van der Waals surface area contributed by atoms with Crippen LogP contribution in [-0.4, -0.2) is 38.1 Å². The SMILES string of the molecule is COC(=O)C1=C(C(=O)OC)[C@@H](C)[C@@H](NC(C)=O)C=C1C1CCCCC1. The second-order valence-corrected chi connectivity index (χ2v) is 6.74. The van der Waals surface area contributed by atoms with Crippen LogP contribution in [0, 0.1) is 11.8 Å². The molecule has 6 heteroatoms. The van der Waals surface area contributed by atoms with Crippen LogP contribution in [0.2, 0.25) is 0 Å². The molecule has 2 aliphatic rings. The summed E-state index contributed by atoms with van der Waals surface area (Å²) < 4.78 is 9.90. The second kappa shape index (κ2) is 8.32. The molecule has 0 radical (unpaired) electrons. The van der Waals surface area contributed by atoms with Crippen molar-refractivity contribution in [2.75, 3.05) is 14.2 Å². The minimum atomic E-state index is -0.551. The van der Waals surface area contributed by atoms with E-state index in [2.05, 4.69) is 5.32 Å². The van der Waals surface area contributed by atoms with Crippen molar-refractivity contribution in [3.63, 3.8) is 0 Å². The first-order chi connectivity index (χ1) is 11.9. The average Bonchev–Trinajstić information content (AvgIpc) is 2.62. The van der Waals surface area contributed by atoms with Crippen LogP contribution in [0.4, 0.5) is 0 Å². The van der Waals surface area contributed by atoms with Gasteiger partial charge in [0.2, 0.25) is 5.91 Å². The summed E-state index contributed by atoms with van der Waals surface area (Å²) in [5.41, 5.74) is 1.41. The summed E-state index contributed by atoms with van der Waals surface area (Å²) in [6.45, 7) is 3.25. The fourth-order valence-electron chi connectivity index (χ4n) is 3.87. The van der Waals surface area contributed by atoms with Crippen LogP contribution in [0.15, 0.2) is 22.8 Å². The normalized spacial score (nSPS) is 24.4. The van der Waals surface area contributed by atoms with Crippen LogP contribution in [0.25, 0.3) is 0 Å². The molecule has 0 unspecified atom stereocenters. The Kier molecular flexibility index (Phi) is 6.39. The summed E-state index contributed by atoms with van der Waals surface area (Å²) >= 11 is 0. The maximum absolute atomic E-state index is 12.5. The van der Waals surface area contributed by atoms with Gasteiger partial charge in [0.15, 0.2) is 0 Å². The van der Waals surface area contributed by atoms with Crippen molar-refractivity contribution in [3.05, 3.63) is 22.8 Å². The second-order valence-electron chi connectivity index (χ2n) is 6.74. The molecule has 2 aliphatic carbocycles. The first kappa shape index (κ1) is 19.2. The molecule has 0 aliphatic heterocycles. The molecule has 0 aromatic carbocycles. The number of hydrogen-bond donors (Lipinski definition) is 1. The summed E-state index contributed by atoms with van der Waals surface area (Å²) in [5, 5.41) is 2.88. The lowest BCUT2D eigenvalue weighted by Crippen LogP contribution is -2.43. The van der Waals surface area contributed by atoms with E-state index in [1.165, 1.54) is 27.6 Å². The zero-order valence-electron chi connectivity index (χ0n) is 15.4. The zero-order valence-corrected chi connectivity index (χ0v) is 15.4. The zero-order chi connectivity index (χ0) is 18.6. The molecule has 0 aromatic heterocycles. The third-order valence-electron chi connectivity index (χ3n) is 5.12. The fraction of sp³-hybridized carbons (Fsp3) is 0.632. The minimum absolute atomic E-state index is 0.179. The maximum Gasteiger partial charge on any atom is 0.338 e. The number of hydrogen-bond acceptors (Lipinski definition) is 5. The highest BCUT2D eigenvalue weighted by atomic mass is 16.5. The highest BCUT2D eigenvalue weighted by Gasteiger charge is 2.39. The number of ether oxygens (including phenoxy) is 2. The van der Waals surface area contributed by atoms with Crippen molar-refractivity contribution in [2.24, 2.45) is 11.8 Å². The van der Waals surface area contributed by atoms with Crippen LogP contribution in [0.1, 0.15) is 46.0 Å². The molecule has 25 heavy (non-hydrogen) atoms. The van der Waals surface area contributed by atoms with E-state index < -0.39 is 11.9 Å². The van der Waals surface area contributed by atoms with E-state index in [9.17, 15) is 14.4 Å². The van der Waals surface area contributed by atoms with Gasteiger partial charge in [-0.2, -0.15) is 0 Å². The van der Waals surface area contributed by atoms with Crippen molar-refractivity contribution in [2.45, 2.75) is 52.0 Å². The van der Waals surface area contributed by atoms with Gasteiger partial charge in [-0.3, -0.25) is 4.79 Å². The molecule has 1 N–H and O–H groups in total. The van der Waals surface area contributed by atoms with Gasteiger partial charge in [-0.05, 0) is 24.3 Å². The average molecular weight is 349 g/mol. The van der Waals surface area contributed by atoms with Crippen LogP contribution in [-0.2, 0) is 23.9 Å².